The topological polar surface area (TPSA) is 78.5 Å². The molecule has 0 aromatic heterocycles. The molecule has 1 atom stereocenters. The van der Waals surface area contributed by atoms with E-state index in [-0.39, 0.29) is 41.3 Å². The predicted octanol–water partition coefficient (Wildman–Crippen LogP) is 2.75. The van der Waals surface area contributed by atoms with E-state index in [0.29, 0.717) is 19.6 Å². The summed E-state index contributed by atoms with van der Waals surface area (Å²) in [7, 11) is 0. The molecule has 1 heterocycles. The molecule has 8 heteroatoms. The Kier molecular flexibility index (Phi) is 8.70. The zero-order valence-electron chi connectivity index (χ0n) is 16.1. The highest BCUT2D eigenvalue weighted by Gasteiger charge is 2.28. The Morgan fingerprint density at radius 1 is 1.25 bits per heavy atom. The van der Waals surface area contributed by atoms with E-state index in [1.807, 2.05) is 0 Å². The summed E-state index contributed by atoms with van der Waals surface area (Å²) in [6.45, 7) is 3.91. The minimum absolute atomic E-state index is 0.00482. The van der Waals surface area contributed by atoms with Gasteiger partial charge in [-0.1, -0.05) is 24.9 Å². The molecule has 1 aromatic carbocycles. The molecule has 6 nitrogen and oxygen atoms in total. The molecule has 2 N–H and O–H groups in total. The normalized spacial score (nSPS) is 16.5. The summed E-state index contributed by atoms with van der Waals surface area (Å²) in [6, 6.07) is 3.54. The van der Waals surface area contributed by atoms with Gasteiger partial charge in [-0.05, 0) is 37.5 Å². The van der Waals surface area contributed by atoms with Crippen LogP contribution in [0, 0.1) is 11.7 Å². The third-order valence-corrected chi connectivity index (χ3v) is 5.09. The lowest BCUT2D eigenvalue weighted by molar-refractivity contribution is -0.135. The standard InChI is InChI=1S/C20H27ClFN3O3/c1-2-3-9-23-19(27)14-5-4-11-25(13-14)18(26)8-10-24-20(28)16-7-6-15(22)12-17(16)21/h6-7,12,14H,2-5,8-11,13H2,1H3,(H,23,27)(H,24,28). The second-order valence-electron chi connectivity index (χ2n) is 6.95. The fraction of sp³-hybridized carbons (Fsp3) is 0.550. The average Bonchev–Trinajstić information content (AvgIpc) is 2.68. The highest BCUT2D eigenvalue weighted by atomic mass is 35.5. The first-order valence-corrected chi connectivity index (χ1v) is 10.1. The first kappa shape index (κ1) is 22.1. The number of piperidine rings is 1. The number of carbonyl (C=O) groups is 3. The summed E-state index contributed by atoms with van der Waals surface area (Å²) in [6.07, 6.45) is 3.66. The number of amides is 3. The number of halogens is 2. The highest BCUT2D eigenvalue weighted by molar-refractivity contribution is 6.33. The van der Waals surface area contributed by atoms with Crippen LogP contribution in [0.1, 0.15) is 49.4 Å². The van der Waals surface area contributed by atoms with Crippen LogP contribution < -0.4 is 10.6 Å². The molecule has 1 fully saturated rings. The van der Waals surface area contributed by atoms with E-state index in [0.717, 1.165) is 37.8 Å². The Bertz CT molecular complexity index is 714. The lowest BCUT2D eigenvalue weighted by Gasteiger charge is -2.32. The van der Waals surface area contributed by atoms with Crippen molar-refractivity contribution in [1.82, 2.24) is 15.5 Å². The molecule has 1 unspecified atom stereocenters. The Hall–Kier alpha value is -2.15. The van der Waals surface area contributed by atoms with Crippen molar-refractivity contribution in [2.75, 3.05) is 26.2 Å². The van der Waals surface area contributed by atoms with Gasteiger partial charge in [-0.15, -0.1) is 0 Å². The monoisotopic (exact) mass is 411 g/mol. The summed E-state index contributed by atoms with van der Waals surface area (Å²) in [5.74, 6) is -1.25. The first-order chi connectivity index (χ1) is 13.4. The van der Waals surface area contributed by atoms with Crippen molar-refractivity contribution in [3.8, 4) is 0 Å². The predicted molar refractivity (Wildman–Crippen MR) is 106 cm³/mol. The van der Waals surface area contributed by atoms with E-state index in [9.17, 15) is 18.8 Å². The van der Waals surface area contributed by atoms with Crippen LogP contribution in [-0.4, -0.2) is 48.8 Å². The lowest BCUT2D eigenvalue weighted by Crippen LogP contribution is -2.46. The molecule has 0 bridgehead atoms. The molecule has 1 aromatic rings. The maximum atomic E-state index is 13.1. The van der Waals surface area contributed by atoms with Crippen LogP contribution >= 0.6 is 11.6 Å². The van der Waals surface area contributed by atoms with Crippen LogP contribution in [0.3, 0.4) is 0 Å². The molecule has 1 aliphatic rings. The van der Waals surface area contributed by atoms with Crippen LogP contribution in [0.25, 0.3) is 0 Å². The number of benzene rings is 1. The van der Waals surface area contributed by atoms with E-state index < -0.39 is 11.7 Å². The van der Waals surface area contributed by atoms with Crippen molar-refractivity contribution in [2.24, 2.45) is 5.92 Å². The van der Waals surface area contributed by atoms with Gasteiger partial charge in [-0.3, -0.25) is 14.4 Å². The second kappa shape index (κ2) is 11.0. The minimum atomic E-state index is -0.518. The maximum absolute atomic E-state index is 13.1. The van der Waals surface area contributed by atoms with Crippen LogP contribution in [0.4, 0.5) is 4.39 Å². The Morgan fingerprint density at radius 2 is 2.04 bits per heavy atom. The van der Waals surface area contributed by atoms with Gasteiger partial charge in [0, 0.05) is 32.6 Å². The zero-order valence-corrected chi connectivity index (χ0v) is 16.9. The summed E-state index contributed by atoms with van der Waals surface area (Å²) in [5.41, 5.74) is 0.164. The summed E-state index contributed by atoms with van der Waals surface area (Å²) in [4.78, 5) is 38.4. The number of carbonyl (C=O) groups excluding carboxylic acids is 3. The van der Waals surface area contributed by atoms with Gasteiger partial charge in [0.2, 0.25) is 11.8 Å². The molecule has 0 spiro atoms. The summed E-state index contributed by atoms with van der Waals surface area (Å²) < 4.78 is 13.1. The van der Waals surface area contributed by atoms with Crippen molar-refractivity contribution >= 4 is 29.3 Å². The molecular formula is C20H27ClFN3O3. The highest BCUT2D eigenvalue weighted by Crippen LogP contribution is 2.18. The number of rotatable bonds is 8. The smallest absolute Gasteiger partial charge is 0.252 e. The number of likely N-dealkylation sites (tertiary alicyclic amines) is 1. The van der Waals surface area contributed by atoms with E-state index >= 15 is 0 Å². The molecule has 1 aliphatic heterocycles. The van der Waals surface area contributed by atoms with Crippen LogP contribution in [-0.2, 0) is 9.59 Å². The van der Waals surface area contributed by atoms with Crippen molar-refractivity contribution in [1.29, 1.82) is 0 Å². The van der Waals surface area contributed by atoms with E-state index in [2.05, 4.69) is 17.6 Å². The van der Waals surface area contributed by atoms with Gasteiger partial charge in [0.05, 0.1) is 16.5 Å². The third kappa shape index (κ3) is 6.48. The van der Waals surface area contributed by atoms with Crippen molar-refractivity contribution in [2.45, 2.75) is 39.0 Å². The number of hydrogen-bond acceptors (Lipinski definition) is 3. The number of nitrogens with one attached hydrogen (secondary N) is 2. The maximum Gasteiger partial charge on any atom is 0.252 e. The van der Waals surface area contributed by atoms with Gasteiger partial charge >= 0.3 is 0 Å². The fourth-order valence-corrected chi connectivity index (χ4v) is 3.41. The minimum Gasteiger partial charge on any atom is -0.356 e. The lowest BCUT2D eigenvalue weighted by atomic mass is 9.97. The van der Waals surface area contributed by atoms with Gasteiger partial charge in [0.15, 0.2) is 0 Å². The van der Waals surface area contributed by atoms with Gasteiger partial charge < -0.3 is 15.5 Å². The van der Waals surface area contributed by atoms with E-state index in [4.69, 9.17) is 11.6 Å². The van der Waals surface area contributed by atoms with Crippen LogP contribution in [0.5, 0.6) is 0 Å². The number of nitrogens with zero attached hydrogens (tertiary/aromatic N) is 1. The first-order valence-electron chi connectivity index (χ1n) is 9.71. The molecule has 2 rings (SSSR count). The van der Waals surface area contributed by atoms with Gasteiger partial charge in [-0.25, -0.2) is 4.39 Å². The molecule has 154 valence electrons. The molecule has 28 heavy (non-hydrogen) atoms. The van der Waals surface area contributed by atoms with E-state index in [1.165, 1.54) is 6.07 Å². The molecule has 0 radical (unpaired) electrons. The molecule has 3 amide bonds. The third-order valence-electron chi connectivity index (χ3n) is 4.77. The van der Waals surface area contributed by atoms with E-state index in [1.54, 1.807) is 4.90 Å². The number of hydrogen-bond donors (Lipinski definition) is 2. The SMILES string of the molecule is CCCCNC(=O)C1CCCN(C(=O)CCNC(=O)c2ccc(F)cc2Cl)C1. The largest absolute Gasteiger partial charge is 0.356 e. The van der Waals surface area contributed by atoms with Crippen LogP contribution in [0.15, 0.2) is 18.2 Å². The van der Waals surface area contributed by atoms with Gasteiger partial charge in [0.25, 0.3) is 5.91 Å². The van der Waals surface area contributed by atoms with Crippen molar-refractivity contribution < 1.29 is 18.8 Å². The second-order valence-corrected chi connectivity index (χ2v) is 7.36. The van der Waals surface area contributed by atoms with Crippen molar-refractivity contribution in [3.05, 3.63) is 34.6 Å². The Morgan fingerprint density at radius 3 is 2.75 bits per heavy atom. The quantitative estimate of drug-likeness (QED) is 0.645. The van der Waals surface area contributed by atoms with Gasteiger partial charge in [-0.2, -0.15) is 0 Å². The molecule has 0 saturated carbocycles. The fourth-order valence-electron chi connectivity index (χ4n) is 3.16. The van der Waals surface area contributed by atoms with Crippen molar-refractivity contribution in [3.63, 3.8) is 0 Å². The molecule has 1 saturated heterocycles. The average molecular weight is 412 g/mol. The molecular weight excluding hydrogens is 385 g/mol. The molecule has 0 aliphatic carbocycles. The summed E-state index contributed by atoms with van der Waals surface area (Å²) in [5, 5.41) is 5.57. The van der Waals surface area contributed by atoms with Gasteiger partial charge in [0.1, 0.15) is 5.82 Å². The summed E-state index contributed by atoms with van der Waals surface area (Å²) >= 11 is 5.86. The number of unbranched alkanes of at least 4 members (excludes halogenated alkanes) is 1. The zero-order chi connectivity index (χ0) is 20.5. The Balaban J connectivity index is 1.77. The Labute approximate surface area is 169 Å². The van der Waals surface area contributed by atoms with Crippen LogP contribution in [0.2, 0.25) is 5.02 Å².